The standard InChI is InChI=1S/C23H34ClN5O/c1-5-25-23(28-17(3)20-6-8-21(24)9-7-20)26-14-19-10-12-29(13-11-19)15-22-27-16(2)18(4)30-22/h6-9,17,19H,5,10-15H2,1-4H3,(H2,25,26,28). The van der Waals surface area contributed by atoms with E-state index in [1.54, 1.807) is 0 Å². The summed E-state index contributed by atoms with van der Waals surface area (Å²) in [7, 11) is 0. The van der Waals surface area contributed by atoms with Crippen molar-refractivity contribution < 1.29 is 4.42 Å². The summed E-state index contributed by atoms with van der Waals surface area (Å²) in [4.78, 5) is 11.8. The van der Waals surface area contributed by atoms with E-state index < -0.39 is 0 Å². The Morgan fingerprint density at radius 1 is 1.27 bits per heavy atom. The fourth-order valence-corrected chi connectivity index (χ4v) is 3.83. The third kappa shape index (κ3) is 6.47. The molecule has 6 nitrogen and oxygen atoms in total. The molecule has 1 saturated heterocycles. The molecule has 0 saturated carbocycles. The number of likely N-dealkylation sites (tertiary alicyclic amines) is 1. The topological polar surface area (TPSA) is 65.7 Å². The lowest BCUT2D eigenvalue weighted by Crippen LogP contribution is -2.39. The fraction of sp³-hybridized carbons (Fsp3) is 0.565. The van der Waals surface area contributed by atoms with Gasteiger partial charge in [-0.15, -0.1) is 0 Å². The van der Waals surface area contributed by atoms with Gasteiger partial charge in [-0.1, -0.05) is 23.7 Å². The molecule has 1 aromatic carbocycles. The molecule has 1 fully saturated rings. The highest BCUT2D eigenvalue weighted by molar-refractivity contribution is 6.30. The van der Waals surface area contributed by atoms with Gasteiger partial charge in [0.05, 0.1) is 18.3 Å². The van der Waals surface area contributed by atoms with Gasteiger partial charge in [0.25, 0.3) is 0 Å². The van der Waals surface area contributed by atoms with Gasteiger partial charge in [0.2, 0.25) is 5.89 Å². The lowest BCUT2D eigenvalue weighted by molar-refractivity contribution is 0.166. The molecule has 2 heterocycles. The number of hydrogen-bond donors (Lipinski definition) is 2. The zero-order valence-electron chi connectivity index (χ0n) is 18.5. The molecule has 0 spiro atoms. The van der Waals surface area contributed by atoms with Crippen molar-refractivity contribution >= 4 is 17.6 Å². The number of aryl methyl sites for hydroxylation is 2. The van der Waals surface area contributed by atoms with Crippen LogP contribution in [0.5, 0.6) is 0 Å². The van der Waals surface area contributed by atoms with Gasteiger partial charge < -0.3 is 15.1 Å². The normalized spacial score (nSPS) is 17.2. The van der Waals surface area contributed by atoms with Gasteiger partial charge in [-0.2, -0.15) is 0 Å². The molecule has 0 radical (unpaired) electrons. The van der Waals surface area contributed by atoms with Gasteiger partial charge in [-0.25, -0.2) is 4.98 Å². The molecule has 1 aliphatic heterocycles. The number of halogens is 1. The lowest BCUT2D eigenvalue weighted by atomic mass is 9.97. The Morgan fingerprint density at radius 2 is 1.97 bits per heavy atom. The molecule has 0 amide bonds. The molecule has 30 heavy (non-hydrogen) atoms. The van der Waals surface area contributed by atoms with Crippen molar-refractivity contribution in [2.45, 2.75) is 53.1 Å². The number of aliphatic imine (C=N–C) groups is 1. The Kier molecular flexibility index (Phi) is 8.16. The van der Waals surface area contributed by atoms with Crippen LogP contribution in [0.1, 0.15) is 55.6 Å². The molecule has 1 aromatic heterocycles. The van der Waals surface area contributed by atoms with Crippen molar-refractivity contribution in [1.82, 2.24) is 20.5 Å². The van der Waals surface area contributed by atoms with E-state index >= 15 is 0 Å². The van der Waals surface area contributed by atoms with Crippen molar-refractivity contribution in [1.29, 1.82) is 0 Å². The molecule has 0 bridgehead atoms. The maximum absolute atomic E-state index is 6.00. The van der Waals surface area contributed by atoms with Crippen LogP contribution < -0.4 is 10.6 Å². The molecular formula is C23H34ClN5O. The summed E-state index contributed by atoms with van der Waals surface area (Å²) >= 11 is 6.00. The Morgan fingerprint density at radius 3 is 2.57 bits per heavy atom. The smallest absolute Gasteiger partial charge is 0.208 e. The first-order valence-corrected chi connectivity index (χ1v) is 11.3. The fourth-order valence-electron chi connectivity index (χ4n) is 3.71. The second kappa shape index (κ2) is 10.8. The molecule has 2 aromatic rings. The Hall–Kier alpha value is -2.05. The number of rotatable bonds is 7. The summed E-state index contributed by atoms with van der Waals surface area (Å²) in [5, 5.41) is 7.63. The third-order valence-electron chi connectivity index (χ3n) is 5.71. The van der Waals surface area contributed by atoms with Crippen LogP contribution in [-0.2, 0) is 6.54 Å². The molecule has 1 atom stereocenters. The highest BCUT2D eigenvalue weighted by Gasteiger charge is 2.21. The van der Waals surface area contributed by atoms with E-state index in [-0.39, 0.29) is 6.04 Å². The van der Waals surface area contributed by atoms with Crippen LogP contribution in [0.2, 0.25) is 5.02 Å². The summed E-state index contributed by atoms with van der Waals surface area (Å²) in [6, 6.07) is 8.11. The van der Waals surface area contributed by atoms with Crippen LogP contribution in [0.15, 0.2) is 33.7 Å². The van der Waals surface area contributed by atoms with Gasteiger partial charge in [-0.05, 0) is 77.2 Å². The summed E-state index contributed by atoms with van der Waals surface area (Å²) in [5.74, 6) is 3.23. The molecule has 3 rings (SSSR count). The molecule has 164 valence electrons. The highest BCUT2D eigenvalue weighted by atomic mass is 35.5. The number of hydrogen-bond acceptors (Lipinski definition) is 4. The summed E-state index contributed by atoms with van der Waals surface area (Å²) in [6.07, 6.45) is 2.29. The molecule has 0 aliphatic carbocycles. The number of guanidine groups is 1. The second-order valence-corrected chi connectivity index (χ2v) is 8.54. The predicted molar refractivity (Wildman–Crippen MR) is 123 cm³/mol. The number of nitrogens with one attached hydrogen (secondary N) is 2. The minimum absolute atomic E-state index is 0.162. The van der Waals surface area contributed by atoms with E-state index in [0.717, 1.165) is 73.9 Å². The summed E-state index contributed by atoms with van der Waals surface area (Å²) in [6.45, 7) is 12.8. The predicted octanol–water partition coefficient (Wildman–Crippen LogP) is 4.47. The Bertz CT molecular complexity index is 805. The van der Waals surface area contributed by atoms with E-state index in [1.807, 2.05) is 26.0 Å². The SMILES string of the molecule is CCNC(=NCC1CCN(Cc2nc(C)c(C)o2)CC1)NC(C)c1ccc(Cl)cc1. The minimum Gasteiger partial charge on any atom is -0.444 e. The molecular weight excluding hydrogens is 398 g/mol. The Balaban J connectivity index is 1.48. The molecule has 2 N–H and O–H groups in total. The van der Waals surface area contributed by atoms with E-state index in [0.29, 0.717) is 5.92 Å². The van der Waals surface area contributed by atoms with E-state index in [2.05, 4.69) is 46.5 Å². The quantitative estimate of drug-likeness (QED) is 0.500. The number of aromatic nitrogens is 1. The average Bonchev–Trinajstić information content (AvgIpc) is 3.04. The van der Waals surface area contributed by atoms with Crippen LogP contribution in [-0.4, -0.2) is 42.0 Å². The zero-order chi connectivity index (χ0) is 21.5. The third-order valence-corrected chi connectivity index (χ3v) is 5.97. The van der Waals surface area contributed by atoms with E-state index in [4.69, 9.17) is 21.0 Å². The van der Waals surface area contributed by atoms with Gasteiger partial charge in [0, 0.05) is 18.1 Å². The van der Waals surface area contributed by atoms with Gasteiger partial charge in [-0.3, -0.25) is 9.89 Å². The first-order valence-electron chi connectivity index (χ1n) is 10.9. The van der Waals surface area contributed by atoms with E-state index in [9.17, 15) is 0 Å². The largest absolute Gasteiger partial charge is 0.444 e. The van der Waals surface area contributed by atoms with Crippen molar-refractivity contribution in [3.63, 3.8) is 0 Å². The molecule has 1 unspecified atom stereocenters. The highest BCUT2D eigenvalue weighted by Crippen LogP contribution is 2.20. The van der Waals surface area contributed by atoms with Crippen molar-refractivity contribution in [2.75, 3.05) is 26.2 Å². The van der Waals surface area contributed by atoms with Gasteiger partial charge in [0.1, 0.15) is 5.76 Å². The number of oxazole rings is 1. The first kappa shape index (κ1) is 22.6. The maximum atomic E-state index is 6.00. The van der Waals surface area contributed by atoms with Crippen molar-refractivity contribution in [2.24, 2.45) is 10.9 Å². The number of piperidine rings is 1. The zero-order valence-corrected chi connectivity index (χ0v) is 19.3. The first-order chi connectivity index (χ1) is 14.4. The molecule has 1 aliphatic rings. The van der Waals surface area contributed by atoms with Crippen molar-refractivity contribution in [3.8, 4) is 0 Å². The van der Waals surface area contributed by atoms with Crippen LogP contribution in [0, 0.1) is 19.8 Å². The van der Waals surface area contributed by atoms with Gasteiger partial charge >= 0.3 is 0 Å². The summed E-state index contributed by atoms with van der Waals surface area (Å²) in [5.41, 5.74) is 2.18. The van der Waals surface area contributed by atoms with Crippen LogP contribution in [0.4, 0.5) is 0 Å². The van der Waals surface area contributed by atoms with Crippen LogP contribution in [0.25, 0.3) is 0 Å². The summed E-state index contributed by atoms with van der Waals surface area (Å²) < 4.78 is 5.73. The second-order valence-electron chi connectivity index (χ2n) is 8.11. The monoisotopic (exact) mass is 431 g/mol. The van der Waals surface area contributed by atoms with Crippen LogP contribution >= 0.6 is 11.6 Å². The van der Waals surface area contributed by atoms with Crippen molar-refractivity contribution in [3.05, 3.63) is 52.2 Å². The number of benzene rings is 1. The molecule has 7 heteroatoms. The lowest BCUT2D eigenvalue weighted by Gasteiger charge is -2.30. The van der Waals surface area contributed by atoms with Crippen LogP contribution in [0.3, 0.4) is 0 Å². The Labute approximate surface area is 185 Å². The van der Waals surface area contributed by atoms with E-state index in [1.165, 1.54) is 5.56 Å². The minimum atomic E-state index is 0.162. The number of nitrogens with zero attached hydrogens (tertiary/aromatic N) is 3. The van der Waals surface area contributed by atoms with Gasteiger partial charge in [0.15, 0.2) is 5.96 Å². The maximum Gasteiger partial charge on any atom is 0.208 e. The average molecular weight is 432 g/mol.